The van der Waals surface area contributed by atoms with Gasteiger partial charge in [0.1, 0.15) is 0 Å². The van der Waals surface area contributed by atoms with Crippen LogP contribution in [0.5, 0.6) is 0 Å². The van der Waals surface area contributed by atoms with Gasteiger partial charge in [0, 0.05) is 24.8 Å². The number of carbonyl (C=O) groups excluding carboxylic acids is 1. The van der Waals surface area contributed by atoms with Crippen LogP contribution in [0, 0.1) is 17.8 Å². The van der Waals surface area contributed by atoms with Gasteiger partial charge in [0.15, 0.2) is 5.82 Å². The van der Waals surface area contributed by atoms with E-state index in [0.29, 0.717) is 17.7 Å². The summed E-state index contributed by atoms with van der Waals surface area (Å²) < 4.78 is 1.80. The minimum Gasteiger partial charge on any atom is -0.327 e. The highest BCUT2D eigenvalue weighted by molar-refractivity contribution is 5.92. The lowest BCUT2D eigenvalue weighted by Crippen LogP contribution is -2.42. The Morgan fingerprint density at radius 2 is 2.33 bits per heavy atom. The molecule has 1 aromatic heterocycles. The Kier molecular flexibility index (Phi) is 2.86. The van der Waals surface area contributed by atoms with Gasteiger partial charge in [0.05, 0.1) is 5.92 Å². The molecule has 5 nitrogen and oxygen atoms in total. The molecule has 18 heavy (non-hydrogen) atoms. The highest BCUT2D eigenvalue weighted by Crippen LogP contribution is 2.47. The van der Waals surface area contributed by atoms with Crippen LogP contribution in [0.15, 0.2) is 12.3 Å². The Labute approximate surface area is 107 Å². The molecule has 0 aromatic carbocycles. The zero-order valence-corrected chi connectivity index (χ0v) is 10.7. The summed E-state index contributed by atoms with van der Waals surface area (Å²) in [7, 11) is 0. The van der Waals surface area contributed by atoms with Gasteiger partial charge in [-0.15, -0.1) is 0 Å². The van der Waals surface area contributed by atoms with Crippen LogP contribution in [0.4, 0.5) is 5.82 Å². The summed E-state index contributed by atoms with van der Waals surface area (Å²) in [6.07, 6.45) is 5.35. The van der Waals surface area contributed by atoms with Crippen molar-refractivity contribution in [3.63, 3.8) is 0 Å². The third-order valence-electron chi connectivity index (χ3n) is 4.50. The summed E-state index contributed by atoms with van der Waals surface area (Å²) in [5.74, 6) is 1.71. The van der Waals surface area contributed by atoms with Crippen molar-refractivity contribution < 1.29 is 4.79 Å². The topological polar surface area (TPSA) is 72.9 Å². The number of carbonyl (C=O) groups is 1. The van der Waals surface area contributed by atoms with Gasteiger partial charge >= 0.3 is 0 Å². The molecule has 2 aliphatic carbocycles. The maximum Gasteiger partial charge on any atom is 0.230 e. The van der Waals surface area contributed by atoms with Crippen LogP contribution in [0.3, 0.4) is 0 Å². The SMILES string of the molecule is CCn1ccc(NC(=O)C2C3CCC(C3)C2N)n1. The predicted molar refractivity (Wildman–Crippen MR) is 68.8 cm³/mol. The number of amides is 1. The summed E-state index contributed by atoms with van der Waals surface area (Å²) in [4.78, 5) is 12.3. The Hall–Kier alpha value is -1.36. The number of hydrogen-bond donors (Lipinski definition) is 2. The van der Waals surface area contributed by atoms with Crippen molar-refractivity contribution in [3.05, 3.63) is 12.3 Å². The van der Waals surface area contributed by atoms with E-state index in [1.54, 1.807) is 4.68 Å². The molecule has 0 radical (unpaired) electrons. The Bertz CT molecular complexity index is 454. The quantitative estimate of drug-likeness (QED) is 0.844. The molecule has 2 bridgehead atoms. The molecular formula is C13H20N4O. The normalized spacial score (nSPS) is 33.9. The highest BCUT2D eigenvalue weighted by Gasteiger charge is 2.49. The first-order valence-electron chi connectivity index (χ1n) is 6.79. The van der Waals surface area contributed by atoms with Crippen molar-refractivity contribution in [2.45, 2.75) is 38.8 Å². The van der Waals surface area contributed by atoms with Crippen molar-refractivity contribution in [1.29, 1.82) is 0 Å². The molecule has 1 aromatic rings. The van der Waals surface area contributed by atoms with Crippen LogP contribution in [-0.4, -0.2) is 21.7 Å². The smallest absolute Gasteiger partial charge is 0.230 e. The molecule has 1 amide bonds. The zero-order valence-electron chi connectivity index (χ0n) is 10.7. The average Bonchev–Trinajstić information content (AvgIpc) is 3.03. The molecule has 2 fully saturated rings. The van der Waals surface area contributed by atoms with E-state index < -0.39 is 0 Å². The minimum atomic E-state index is -0.0180. The van der Waals surface area contributed by atoms with Crippen LogP contribution < -0.4 is 11.1 Å². The number of nitrogens with one attached hydrogen (secondary N) is 1. The van der Waals surface area contributed by atoms with Crippen molar-refractivity contribution in [1.82, 2.24) is 9.78 Å². The first-order valence-corrected chi connectivity index (χ1v) is 6.79. The van der Waals surface area contributed by atoms with Gasteiger partial charge in [0.25, 0.3) is 0 Å². The van der Waals surface area contributed by atoms with E-state index in [1.807, 2.05) is 19.2 Å². The first kappa shape index (κ1) is 11.7. The Morgan fingerprint density at radius 3 is 2.94 bits per heavy atom. The second kappa shape index (κ2) is 4.39. The zero-order chi connectivity index (χ0) is 12.7. The molecule has 0 aliphatic heterocycles. The van der Waals surface area contributed by atoms with Crippen LogP contribution in [-0.2, 0) is 11.3 Å². The molecule has 0 saturated heterocycles. The monoisotopic (exact) mass is 248 g/mol. The maximum atomic E-state index is 12.3. The van der Waals surface area contributed by atoms with E-state index in [-0.39, 0.29) is 17.9 Å². The van der Waals surface area contributed by atoms with Gasteiger partial charge in [-0.3, -0.25) is 9.48 Å². The fraction of sp³-hybridized carbons (Fsp3) is 0.692. The van der Waals surface area contributed by atoms with E-state index in [0.717, 1.165) is 19.4 Å². The predicted octanol–water partition coefficient (Wildman–Crippen LogP) is 1.21. The number of anilines is 1. The maximum absolute atomic E-state index is 12.3. The Morgan fingerprint density at radius 1 is 1.56 bits per heavy atom. The molecule has 1 heterocycles. The van der Waals surface area contributed by atoms with Gasteiger partial charge in [0.2, 0.25) is 5.91 Å². The molecule has 0 spiro atoms. The lowest BCUT2D eigenvalue weighted by atomic mass is 9.84. The van der Waals surface area contributed by atoms with Crippen molar-refractivity contribution in [2.24, 2.45) is 23.5 Å². The van der Waals surface area contributed by atoms with Gasteiger partial charge in [-0.25, -0.2) is 0 Å². The average molecular weight is 248 g/mol. The number of nitrogens with two attached hydrogens (primary N) is 1. The summed E-state index contributed by atoms with van der Waals surface area (Å²) in [6.45, 7) is 2.83. The van der Waals surface area contributed by atoms with Gasteiger partial charge < -0.3 is 11.1 Å². The van der Waals surface area contributed by atoms with E-state index in [2.05, 4.69) is 10.4 Å². The van der Waals surface area contributed by atoms with E-state index in [1.165, 1.54) is 6.42 Å². The molecule has 98 valence electrons. The molecule has 5 heteroatoms. The number of aryl methyl sites for hydroxylation is 1. The van der Waals surface area contributed by atoms with Gasteiger partial charge in [-0.05, 0) is 38.0 Å². The fourth-order valence-corrected chi connectivity index (χ4v) is 3.54. The van der Waals surface area contributed by atoms with Crippen LogP contribution in [0.2, 0.25) is 0 Å². The molecule has 4 unspecified atom stereocenters. The summed E-state index contributed by atoms with van der Waals surface area (Å²) >= 11 is 0. The lowest BCUT2D eigenvalue weighted by Gasteiger charge is -2.26. The number of fused-ring (bicyclic) bond motifs is 2. The summed E-state index contributed by atoms with van der Waals surface area (Å²) in [5, 5.41) is 7.17. The van der Waals surface area contributed by atoms with Crippen LogP contribution in [0.25, 0.3) is 0 Å². The number of rotatable bonds is 3. The standard InChI is InChI=1S/C13H20N4O/c1-2-17-6-5-10(16-17)15-13(18)11-8-3-4-9(7-8)12(11)14/h5-6,8-9,11-12H,2-4,7,14H2,1H3,(H,15,16,18). The largest absolute Gasteiger partial charge is 0.327 e. The summed E-state index contributed by atoms with van der Waals surface area (Å²) in [5.41, 5.74) is 6.16. The minimum absolute atomic E-state index is 0.0180. The third kappa shape index (κ3) is 1.82. The molecule has 2 saturated carbocycles. The van der Waals surface area contributed by atoms with E-state index in [4.69, 9.17) is 5.73 Å². The van der Waals surface area contributed by atoms with Crippen LogP contribution in [0.1, 0.15) is 26.2 Å². The molecular weight excluding hydrogens is 228 g/mol. The molecule has 2 aliphatic rings. The summed E-state index contributed by atoms with van der Waals surface area (Å²) in [6, 6.07) is 1.87. The molecule has 3 rings (SSSR count). The highest BCUT2D eigenvalue weighted by atomic mass is 16.2. The molecule has 3 N–H and O–H groups in total. The second-order valence-electron chi connectivity index (χ2n) is 5.48. The van der Waals surface area contributed by atoms with Crippen molar-refractivity contribution >= 4 is 11.7 Å². The van der Waals surface area contributed by atoms with Crippen molar-refractivity contribution in [2.75, 3.05) is 5.32 Å². The van der Waals surface area contributed by atoms with Crippen molar-refractivity contribution in [3.8, 4) is 0 Å². The van der Waals surface area contributed by atoms with Crippen LogP contribution >= 0.6 is 0 Å². The molecule has 4 atom stereocenters. The number of hydrogen-bond acceptors (Lipinski definition) is 3. The fourth-order valence-electron chi connectivity index (χ4n) is 3.54. The van der Waals surface area contributed by atoms with E-state index >= 15 is 0 Å². The first-order chi connectivity index (χ1) is 8.69. The lowest BCUT2D eigenvalue weighted by molar-refractivity contribution is -0.121. The van der Waals surface area contributed by atoms with Gasteiger partial charge in [-0.2, -0.15) is 5.10 Å². The Balaban J connectivity index is 1.68. The number of nitrogens with zero attached hydrogens (tertiary/aromatic N) is 2. The van der Waals surface area contributed by atoms with Gasteiger partial charge in [-0.1, -0.05) is 0 Å². The second-order valence-corrected chi connectivity index (χ2v) is 5.48. The number of aromatic nitrogens is 2. The third-order valence-corrected chi connectivity index (χ3v) is 4.50. The van der Waals surface area contributed by atoms with E-state index in [9.17, 15) is 4.79 Å².